The second-order valence-corrected chi connectivity index (χ2v) is 5.25. The number of amides is 1. The number of hydrogen-bond acceptors (Lipinski definition) is 3. The number of carbonyl (C=O) groups is 1. The summed E-state index contributed by atoms with van der Waals surface area (Å²) in [6.45, 7) is 4.49. The molecule has 0 unspecified atom stereocenters. The van der Waals surface area contributed by atoms with Crippen molar-refractivity contribution in [1.82, 2.24) is 15.1 Å². The lowest BCUT2D eigenvalue weighted by Gasteiger charge is -2.07. The molecule has 0 atom stereocenters. The third kappa shape index (κ3) is 4.24. The number of nitrogen functional groups attached to an aromatic ring is 1. The largest absolute Gasteiger partial charge is 0.399 e. The van der Waals surface area contributed by atoms with E-state index in [0.717, 1.165) is 28.2 Å². The first kappa shape index (κ1) is 18.0. The number of aryl methyl sites for hydroxylation is 3. The van der Waals surface area contributed by atoms with Crippen molar-refractivity contribution < 1.29 is 4.79 Å². The van der Waals surface area contributed by atoms with Crippen molar-refractivity contribution in [3.8, 4) is 0 Å². The number of anilines is 1. The zero-order valence-electron chi connectivity index (χ0n) is 13.2. The molecule has 5 nitrogen and oxygen atoms in total. The Kier molecular flexibility index (Phi) is 6.43. The Hall–Kier alpha value is -2.01. The van der Waals surface area contributed by atoms with Gasteiger partial charge in [-0.15, -0.1) is 12.4 Å². The molecule has 1 heterocycles. The minimum absolute atomic E-state index is 0. The lowest BCUT2D eigenvalue weighted by Crippen LogP contribution is -2.23. The van der Waals surface area contributed by atoms with E-state index in [4.69, 9.17) is 5.73 Å². The van der Waals surface area contributed by atoms with Crippen LogP contribution in [0.4, 0.5) is 5.69 Å². The van der Waals surface area contributed by atoms with E-state index in [0.29, 0.717) is 19.4 Å². The van der Waals surface area contributed by atoms with Crippen molar-refractivity contribution in [2.75, 3.05) is 5.73 Å². The molecule has 2 aromatic rings. The van der Waals surface area contributed by atoms with Gasteiger partial charge in [-0.1, -0.05) is 18.2 Å². The Morgan fingerprint density at radius 1 is 1.32 bits per heavy atom. The first-order valence-corrected chi connectivity index (χ1v) is 7.08. The molecule has 0 aliphatic rings. The highest BCUT2D eigenvalue weighted by molar-refractivity contribution is 5.85. The number of nitrogens with one attached hydrogen (secondary N) is 1. The molecule has 1 amide bonds. The number of para-hydroxylation sites is 1. The standard InChI is InChI=1S/C16H22N4O.ClH/c1-11-14(12(2)20(3)19-11)10-18-16(21)9-8-13-6-4-5-7-15(13)17;/h4-7H,8-10,17H2,1-3H3,(H,18,21);1H. The quantitative estimate of drug-likeness (QED) is 0.829. The summed E-state index contributed by atoms with van der Waals surface area (Å²) in [5.74, 6) is 0.0286. The number of benzene rings is 1. The van der Waals surface area contributed by atoms with E-state index in [2.05, 4.69) is 10.4 Å². The van der Waals surface area contributed by atoms with Crippen LogP contribution in [0.1, 0.15) is 28.9 Å². The highest BCUT2D eigenvalue weighted by Crippen LogP contribution is 2.13. The van der Waals surface area contributed by atoms with Gasteiger partial charge in [0.1, 0.15) is 0 Å². The summed E-state index contributed by atoms with van der Waals surface area (Å²) in [4.78, 5) is 12.0. The molecule has 0 aliphatic heterocycles. The first-order chi connectivity index (χ1) is 9.99. The number of halogens is 1. The zero-order valence-corrected chi connectivity index (χ0v) is 14.0. The fourth-order valence-electron chi connectivity index (χ4n) is 2.36. The SMILES string of the molecule is Cc1nn(C)c(C)c1CNC(=O)CCc1ccccc1N.Cl. The molecule has 0 saturated heterocycles. The second kappa shape index (κ2) is 7.84. The van der Waals surface area contributed by atoms with Crippen LogP contribution in [0.25, 0.3) is 0 Å². The molecule has 0 bridgehead atoms. The van der Waals surface area contributed by atoms with Gasteiger partial charge in [0.05, 0.1) is 5.69 Å². The van der Waals surface area contributed by atoms with E-state index in [9.17, 15) is 4.79 Å². The van der Waals surface area contributed by atoms with Crippen LogP contribution < -0.4 is 11.1 Å². The molecule has 1 aromatic heterocycles. The van der Waals surface area contributed by atoms with Crippen molar-refractivity contribution in [2.24, 2.45) is 7.05 Å². The van der Waals surface area contributed by atoms with Crippen molar-refractivity contribution in [1.29, 1.82) is 0 Å². The Morgan fingerprint density at radius 2 is 2.00 bits per heavy atom. The minimum atomic E-state index is 0. The number of aromatic nitrogens is 2. The molecule has 2 rings (SSSR count). The van der Waals surface area contributed by atoms with Gasteiger partial charge in [-0.05, 0) is 31.9 Å². The van der Waals surface area contributed by atoms with E-state index in [1.807, 2.05) is 49.8 Å². The van der Waals surface area contributed by atoms with Crippen LogP contribution >= 0.6 is 12.4 Å². The summed E-state index contributed by atoms with van der Waals surface area (Å²) in [5.41, 5.74) is 10.8. The van der Waals surface area contributed by atoms with Crippen molar-refractivity contribution in [2.45, 2.75) is 33.2 Å². The molecule has 0 aliphatic carbocycles. The Morgan fingerprint density at radius 3 is 2.59 bits per heavy atom. The van der Waals surface area contributed by atoms with Gasteiger partial charge in [0.15, 0.2) is 0 Å². The monoisotopic (exact) mass is 322 g/mol. The predicted octanol–water partition coefficient (Wildman–Crippen LogP) is 2.29. The van der Waals surface area contributed by atoms with Gasteiger partial charge in [-0.3, -0.25) is 9.48 Å². The number of nitrogens with two attached hydrogens (primary N) is 1. The van der Waals surface area contributed by atoms with Crippen LogP contribution in [0.5, 0.6) is 0 Å². The smallest absolute Gasteiger partial charge is 0.220 e. The van der Waals surface area contributed by atoms with Crippen LogP contribution in [-0.4, -0.2) is 15.7 Å². The molecule has 6 heteroatoms. The van der Waals surface area contributed by atoms with Crippen molar-refractivity contribution >= 4 is 24.0 Å². The summed E-state index contributed by atoms with van der Waals surface area (Å²) in [7, 11) is 1.91. The first-order valence-electron chi connectivity index (χ1n) is 7.08. The van der Waals surface area contributed by atoms with Crippen LogP contribution in [0.3, 0.4) is 0 Å². The minimum Gasteiger partial charge on any atom is -0.399 e. The van der Waals surface area contributed by atoms with Gasteiger partial charge in [0, 0.05) is 37.0 Å². The van der Waals surface area contributed by atoms with Crippen LogP contribution in [0.15, 0.2) is 24.3 Å². The molecule has 0 saturated carbocycles. The van der Waals surface area contributed by atoms with Crippen LogP contribution in [-0.2, 0) is 24.8 Å². The molecule has 22 heavy (non-hydrogen) atoms. The molecular weight excluding hydrogens is 300 g/mol. The molecule has 0 spiro atoms. The molecule has 120 valence electrons. The zero-order chi connectivity index (χ0) is 15.4. The van der Waals surface area contributed by atoms with Crippen LogP contribution in [0.2, 0.25) is 0 Å². The molecule has 0 fully saturated rings. The van der Waals surface area contributed by atoms with Gasteiger partial charge in [0.2, 0.25) is 5.91 Å². The summed E-state index contributed by atoms with van der Waals surface area (Å²) >= 11 is 0. The average molecular weight is 323 g/mol. The van der Waals surface area contributed by atoms with Crippen molar-refractivity contribution in [3.05, 3.63) is 46.8 Å². The predicted molar refractivity (Wildman–Crippen MR) is 91.0 cm³/mol. The van der Waals surface area contributed by atoms with Crippen LogP contribution in [0, 0.1) is 13.8 Å². The van der Waals surface area contributed by atoms with E-state index >= 15 is 0 Å². The number of hydrogen-bond donors (Lipinski definition) is 2. The van der Waals surface area contributed by atoms with E-state index < -0.39 is 0 Å². The van der Waals surface area contributed by atoms with E-state index in [-0.39, 0.29) is 18.3 Å². The lowest BCUT2D eigenvalue weighted by atomic mass is 10.1. The van der Waals surface area contributed by atoms with Gasteiger partial charge in [-0.25, -0.2) is 0 Å². The van der Waals surface area contributed by atoms with Crippen molar-refractivity contribution in [3.63, 3.8) is 0 Å². The lowest BCUT2D eigenvalue weighted by molar-refractivity contribution is -0.121. The molecule has 0 radical (unpaired) electrons. The Bertz CT molecular complexity index is 652. The molecule has 3 N–H and O–H groups in total. The Labute approximate surface area is 137 Å². The highest BCUT2D eigenvalue weighted by atomic mass is 35.5. The third-order valence-corrected chi connectivity index (χ3v) is 3.80. The average Bonchev–Trinajstić information content (AvgIpc) is 2.69. The van der Waals surface area contributed by atoms with Gasteiger partial charge < -0.3 is 11.1 Å². The highest BCUT2D eigenvalue weighted by Gasteiger charge is 2.10. The summed E-state index contributed by atoms with van der Waals surface area (Å²) in [6, 6.07) is 7.65. The second-order valence-electron chi connectivity index (χ2n) is 5.25. The fourth-order valence-corrected chi connectivity index (χ4v) is 2.36. The maximum Gasteiger partial charge on any atom is 0.220 e. The number of rotatable bonds is 5. The maximum absolute atomic E-state index is 12.0. The van der Waals surface area contributed by atoms with E-state index in [1.54, 1.807) is 0 Å². The normalized spacial score (nSPS) is 10.1. The van der Waals surface area contributed by atoms with E-state index in [1.165, 1.54) is 0 Å². The number of carbonyl (C=O) groups excluding carboxylic acids is 1. The Balaban J connectivity index is 0.00000242. The molecular formula is C16H23ClN4O. The summed E-state index contributed by atoms with van der Waals surface area (Å²) < 4.78 is 1.83. The fraction of sp³-hybridized carbons (Fsp3) is 0.375. The maximum atomic E-state index is 12.0. The topological polar surface area (TPSA) is 72.9 Å². The molecule has 1 aromatic carbocycles. The van der Waals surface area contributed by atoms with Gasteiger partial charge >= 0.3 is 0 Å². The number of nitrogens with zero attached hydrogens (tertiary/aromatic N) is 2. The summed E-state index contributed by atoms with van der Waals surface area (Å²) in [6.07, 6.45) is 1.09. The van der Waals surface area contributed by atoms with Gasteiger partial charge in [-0.2, -0.15) is 5.10 Å². The third-order valence-electron chi connectivity index (χ3n) is 3.80. The van der Waals surface area contributed by atoms with Gasteiger partial charge in [0.25, 0.3) is 0 Å². The summed E-state index contributed by atoms with van der Waals surface area (Å²) in [5, 5.41) is 7.29.